The summed E-state index contributed by atoms with van der Waals surface area (Å²) in [7, 11) is -3.38. The zero-order valence-corrected chi connectivity index (χ0v) is 16.9. The van der Waals surface area contributed by atoms with Gasteiger partial charge in [0.15, 0.2) is 15.5 Å². The maximum Gasteiger partial charge on any atom is 0.296 e. The van der Waals surface area contributed by atoms with E-state index in [0.717, 1.165) is 5.56 Å². The third-order valence-electron chi connectivity index (χ3n) is 5.25. The lowest BCUT2D eigenvalue weighted by molar-refractivity contribution is -0.0566. The Morgan fingerprint density at radius 3 is 2.90 bits per heavy atom. The van der Waals surface area contributed by atoms with Gasteiger partial charge in [-0.1, -0.05) is 18.2 Å². The molecule has 2 aromatic rings. The van der Waals surface area contributed by atoms with E-state index in [1.807, 2.05) is 0 Å². The summed E-state index contributed by atoms with van der Waals surface area (Å²) in [6, 6.07) is 5.13. The highest BCUT2D eigenvalue weighted by molar-refractivity contribution is 7.91. The van der Waals surface area contributed by atoms with Gasteiger partial charge in [-0.2, -0.15) is 0 Å². The fourth-order valence-corrected chi connectivity index (χ4v) is 5.61. The summed E-state index contributed by atoms with van der Waals surface area (Å²) in [4.78, 5) is 29.6. The number of amides is 1. The number of hydrogen-bond donors (Lipinski definition) is 2. The summed E-state index contributed by atoms with van der Waals surface area (Å²) >= 11 is 0. The van der Waals surface area contributed by atoms with E-state index in [-0.39, 0.29) is 29.6 Å². The van der Waals surface area contributed by atoms with E-state index in [0.29, 0.717) is 18.6 Å². The van der Waals surface area contributed by atoms with Gasteiger partial charge in [0.2, 0.25) is 5.75 Å². The van der Waals surface area contributed by atoms with Crippen molar-refractivity contribution in [2.45, 2.75) is 43.9 Å². The van der Waals surface area contributed by atoms with E-state index >= 15 is 0 Å². The second kappa shape index (κ2) is 6.67. The number of hydrogen-bond acceptors (Lipinski definition) is 7. The van der Waals surface area contributed by atoms with Gasteiger partial charge in [-0.15, -0.1) is 0 Å². The van der Waals surface area contributed by atoms with Crippen LogP contribution in [0.15, 0.2) is 27.9 Å². The van der Waals surface area contributed by atoms with Crippen molar-refractivity contribution in [3.8, 4) is 5.75 Å². The van der Waals surface area contributed by atoms with E-state index in [1.54, 1.807) is 32.0 Å². The molecule has 4 rings (SSSR count). The smallest absolute Gasteiger partial charge is 0.296 e. The predicted molar refractivity (Wildman–Crippen MR) is 103 cm³/mol. The normalized spacial score (nSPS) is 18.7. The number of aryl methyl sites for hydroxylation is 1. The Morgan fingerprint density at radius 2 is 2.14 bits per heavy atom. The van der Waals surface area contributed by atoms with Crippen LogP contribution in [0.3, 0.4) is 0 Å². The van der Waals surface area contributed by atoms with E-state index in [4.69, 9.17) is 4.74 Å². The molecular formula is C19H21N3O6S. The minimum absolute atomic E-state index is 0.0479. The molecule has 2 N–H and O–H groups in total. The monoisotopic (exact) mass is 419 g/mol. The maximum atomic E-state index is 12.7. The molecule has 0 atom stereocenters. The fourth-order valence-electron chi connectivity index (χ4n) is 3.81. The van der Waals surface area contributed by atoms with Crippen LogP contribution in [0.2, 0.25) is 0 Å². The Balaban J connectivity index is 1.66. The van der Waals surface area contributed by atoms with E-state index in [9.17, 15) is 23.1 Å². The standard InChI is InChI=1S/C19H21N3O6S/c1-19(2)18-21-13(14(23)17(25)22(18)7-8-28-19)16(24)20-10-12-5-3-4-11-6-9-29(26,27)15(11)12/h3-5,23H,6-10H2,1-2H3,(H,20,24). The van der Waals surface area contributed by atoms with Gasteiger partial charge in [0.1, 0.15) is 11.4 Å². The number of fused-ring (bicyclic) bond motifs is 2. The van der Waals surface area contributed by atoms with Crippen LogP contribution in [0.5, 0.6) is 5.75 Å². The Morgan fingerprint density at radius 1 is 1.38 bits per heavy atom. The van der Waals surface area contributed by atoms with E-state index in [2.05, 4.69) is 10.3 Å². The van der Waals surface area contributed by atoms with Crippen LogP contribution in [0.4, 0.5) is 0 Å². The van der Waals surface area contributed by atoms with Crippen LogP contribution in [-0.2, 0) is 39.7 Å². The van der Waals surface area contributed by atoms with Crippen molar-refractivity contribution in [1.82, 2.24) is 14.9 Å². The average Bonchev–Trinajstić information content (AvgIpc) is 2.98. The van der Waals surface area contributed by atoms with Gasteiger partial charge < -0.3 is 15.2 Å². The van der Waals surface area contributed by atoms with Gasteiger partial charge in [-0.05, 0) is 31.4 Å². The van der Waals surface area contributed by atoms with Crippen LogP contribution >= 0.6 is 0 Å². The Bertz CT molecular complexity index is 1180. The molecule has 2 aliphatic rings. The molecule has 2 aliphatic heterocycles. The number of benzene rings is 1. The minimum Gasteiger partial charge on any atom is -0.501 e. The Kier molecular flexibility index (Phi) is 4.50. The van der Waals surface area contributed by atoms with Crippen LogP contribution in [-0.4, -0.2) is 41.3 Å². The van der Waals surface area contributed by atoms with Gasteiger partial charge >= 0.3 is 0 Å². The molecule has 1 amide bonds. The van der Waals surface area contributed by atoms with Crippen molar-refractivity contribution in [3.05, 3.63) is 51.2 Å². The molecule has 0 aliphatic carbocycles. The second-order valence-electron chi connectivity index (χ2n) is 7.61. The number of sulfone groups is 1. The molecule has 1 aromatic heterocycles. The number of carbonyl (C=O) groups is 1. The van der Waals surface area contributed by atoms with Crippen LogP contribution < -0.4 is 10.9 Å². The molecule has 0 unspecified atom stereocenters. The first-order valence-corrected chi connectivity index (χ1v) is 10.9. The first-order valence-electron chi connectivity index (χ1n) is 9.22. The molecule has 0 radical (unpaired) electrons. The first kappa shape index (κ1) is 19.6. The maximum absolute atomic E-state index is 12.7. The summed E-state index contributed by atoms with van der Waals surface area (Å²) in [6.45, 7) is 3.90. The summed E-state index contributed by atoms with van der Waals surface area (Å²) in [5.41, 5.74) is -0.820. The summed E-state index contributed by atoms with van der Waals surface area (Å²) in [6.07, 6.45) is 0.443. The van der Waals surface area contributed by atoms with Gasteiger partial charge in [0.05, 0.1) is 23.8 Å². The lowest BCUT2D eigenvalue weighted by Crippen LogP contribution is -2.42. The summed E-state index contributed by atoms with van der Waals surface area (Å²) in [5, 5.41) is 12.8. The molecular weight excluding hydrogens is 398 g/mol. The van der Waals surface area contributed by atoms with Crippen LogP contribution in [0.25, 0.3) is 0 Å². The quantitative estimate of drug-likeness (QED) is 0.740. The highest BCUT2D eigenvalue weighted by Crippen LogP contribution is 2.30. The lowest BCUT2D eigenvalue weighted by Gasteiger charge is -2.32. The van der Waals surface area contributed by atoms with Gasteiger partial charge in [-0.25, -0.2) is 13.4 Å². The van der Waals surface area contributed by atoms with Crippen molar-refractivity contribution >= 4 is 15.7 Å². The second-order valence-corrected chi connectivity index (χ2v) is 9.65. The molecule has 154 valence electrons. The highest BCUT2D eigenvalue weighted by atomic mass is 32.2. The number of ether oxygens (including phenoxy) is 1. The van der Waals surface area contributed by atoms with Gasteiger partial charge in [0.25, 0.3) is 11.5 Å². The molecule has 9 nitrogen and oxygen atoms in total. The highest BCUT2D eigenvalue weighted by Gasteiger charge is 2.34. The molecule has 0 saturated carbocycles. The zero-order chi connectivity index (χ0) is 21.0. The number of carbonyl (C=O) groups excluding carboxylic acids is 1. The van der Waals surface area contributed by atoms with Crippen molar-refractivity contribution in [2.24, 2.45) is 0 Å². The van der Waals surface area contributed by atoms with Crippen LogP contribution in [0, 0.1) is 0 Å². The lowest BCUT2D eigenvalue weighted by atomic mass is 10.1. The van der Waals surface area contributed by atoms with Crippen molar-refractivity contribution < 1.29 is 23.1 Å². The average molecular weight is 419 g/mol. The van der Waals surface area contributed by atoms with E-state index < -0.39 is 38.3 Å². The molecule has 3 heterocycles. The number of nitrogens with zero attached hydrogens (tertiary/aromatic N) is 2. The Hall–Kier alpha value is -2.72. The van der Waals surface area contributed by atoms with Crippen LogP contribution in [0.1, 0.15) is 41.3 Å². The molecule has 0 fully saturated rings. The number of rotatable bonds is 3. The summed E-state index contributed by atoms with van der Waals surface area (Å²) < 4.78 is 31.5. The van der Waals surface area contributed by atoms with E-state index in [1.165, 1.54) is 4.57 Å². The largest absolute Gasteiger partial charge is 0.501 e. The fraction of sp³-hybridized carbons (Fsp3) is 0.421. The predicted octanol–water partition coefficient (Wildman–Crippen LogP) is 0.474. The van der Waals surface area contributed by atoms with Crippen molar-refractivity contribution in [1.29, 1.82) is 0 Å². The molecule has 1 aromatic carbocycles. The van der Waals surface area contributed by atoms with Crippen molar-refractivity contribution in [2.75, 3.05) is 12.4 Å². The molecule has 0 spiro atoms. The number of nitrogens with one attached hydrogen (secondary N) is 1. The number of aromatic nitrogens is 2. The third kappa shape index (κ3) is 3.22. The number of aromatic hydroxyl groups is 1. The zero-order valence-electron chi connectivity index (χ0n) is 16.1. The molecule has 0 saturated heterocycles. The SMILES string of the molecule is CC1(C)OCCn2c1nc(C(=O)NCc1cccc3c1S(=O)(=O)CC3)c(O)c2=O. The minimum atomic E-state index is -3.38. The Labute approximate surface area is 167 Å². The summed E-state index contributed by atoms with van der Waals surface area (Å²) in [5.74, 6) is -1.21. The topological polar surface area (TPSA) is 128 Å². The molecule has 10 heteroatoms. The molecule has 0 bridgehead atoms. The first-order chi connectivity index (χ1) is 13.6. The molecule has 29 heavy (non-hydrogen) atoms. The van der Waals surface area contributed by atoms with Gasteiger partial charge in [0, 0.05) is 6.54 Å². The van der Waals surface area contributed by atoms with Crippen molar-refractivity contribution in [3.63, 3.8) is 0 Å². The van der Waals surface area contributed by atoms with Gasteiger partial charge in [-0.3, -0.25) is 14.2 Å². The third-order valence-corrected chi connectivity index (χ3v) is 7.13.